The lowest BCUT2D eigenvalue weighted by molar-refractivity contribution is 0.381. The molecule has 0 heterocycles. The molecule has 0 aromatic heterocycles. The Kier molecular flexibility index (Phi) is 2.95. The first-order valence-corrected chi connectivity index (χ1v) is 7.95. The van der Waals surface area contributed by atoms with Crippen LogP contribution in [0.4, 0.5) is 0 Å². The van der Waals surface area contributed by atoms with Crippen LogP contribution in [0, 0.1) is 0 Å². The second-order valence-electron chi connectivity index (χ2n) is 6.20. The van der Waals surface area contributed by atoms with Crippen molar-refractivity contribution in [2.24, 2.45) is 16.5 Å². The SMILES string of the molecule is NC(N)=NCC12CCC(c3ccccc31)c1c(Cl)cccc12. The Morgan fingerprint density at radius 2 is 1.91 bits per heavy atom. The van der Waals surface area contributed by atoms with Gasteiger partial charge < -0.3 is 11.5 Å². The third-order valence-electron chi connectivity index (χ3n) is 5.16. The smallest absolute Gasteiger partial charge is 0.185 e. The van der Waals surface area contributed by atoms with Crippen LogP contribution in [0.15, 0.2) is 47.5 Å². The number of halogens is 1. The van der Waals surface area contributed by atoms with E-state index in [2.05, 4.69) is 35.3 Å². The van der Waals surface area contributed by atoms with Gasteiger partial charge in [0.05, 0.1) is 6.54 Å². The van der Waals surface area contributed by atoms with Gasteiger partial charge in [0, 0.05) is 16.4 Å². The number of hydrogen-bond acceptors (Lipinski definition) is 1. The number of rotatable bonds is 2. The third-order valence-corrected chi connectivity index (χ3v) is 5.49. The molecule has 0 saturated heterocycles. The minimum Gasteiger partial charge on any atom is -0.370 e. The van der Waals surface area contributed by atoms with E-state index in [1.165, 1.54) is 22.3 Å². The Hall–Kier alpha value is -2.00. The van der Waals surface area contributed by atoms with Crippen molar-refractivity contribution in [3.8, 4) is 0 Å². The first kappa shape index (κ1) is 13.6. The second kappa shape index (κ2) is 4.75. The topological polar surface area (TPSA) is 64.4 Å². The van der Waals surface area contributed by atoms with E-state index in [4.69, 9.17) is 23.1 Å². The van der Waals surface area contributed by atoms with Crippen molar-refractivity contribution in [3.63, 3.8) is 0 Å². The first-order valence-electron chi connectivity index (χ1n) is 7.57. The molecule has 2 aromatic rings. The van der Waals surface area contributed by atoms with E-state index < -0.39 is 0 Å². The van der Waals surface area contributed by atoms with Crippen molar-refractivity contribution in [2.45, 2.75) is 24.2 Å². The molecule has 4 heteroatoms. The molecular formula is C18H18ClN3. The van der Waals surface area contributed by atoms with Crippen LogP contribution in [0.5, 0.6) is 0 Å². The summed E-state index contributed by atoms with van der Waals surface area (Å²) in [5, 5.41) is 0.853. The highest BCUT2D eigenvalue weighted by Gasteiger charge is 2.48. The van der Waals surface area contributed by atoms with Crippen LogP contribution in [0.2, 0.25) is 5.02 Å². The van der Waals surface area contributed by atoms with Gasteiger partial charge in [0.15, 0.2) is 5.96 Å². The average molecular weight is 312 g/mol. The molecule has 2 atom stereocenters. The fraction of sp³-hybridized carbons (Fsp3) is 0.278. The van der Waals surface area contributed by atoms with Gasteiger partial charge in [-0.3, -0.25) is 4.99 Å². The number of hydrogen-bond donors (Lipinski definition) is 2. The van der Waals surface area contributed by atoms with Crippen LogP contribution >= 0.6 is 11.6 Å². The van der Waals surface area contributed by atoms with Crippen molar-refractivity contribution >= 4 is 17.6 Å². The Bertz CT molecular complexity index is 780. The highest BCUT2D eigenvalue weighted by molar-refractivity contribution is 6.31. The van der Waals surface area contributed by atoms with Gasteiger partial charge in [-0.05, 0) is 41.2 Å². The van der Waals surface area contributed by atoms with Crippen LogP contribution in [-0.4, -0.2) is 12.5 Å². The predicted molar refractivity (Wildman–Crippen MR) is 90.4 cm³/mol. The molecule has 3 aliphatic rings. The molecule has 4 N–H and O–H groups in total. The molecule has 0 spiro atoms. The average Bonchev–Trinajstić information content (AvgIpc) is 2.54. The third kappa shape index (κ3) is 1.72. The minimum absolute atomic E-state index is 0.142. The molecule has 0 amide bonds. The van der Waals surface area contributed by atoms with Gasteiger partial charge in [0.25, 0.3) is 0 Å². The predicted octanol–water partition coefficient (Wildman–Crippen LogP) is 3.14. The van der Waals surface area contributed by atoms with E-state index in [1.54, 1.807) is 0 Å². The molecule has 0 saturated carbocycles. The van der Waals surface area contributed by atoms with Crippen molar-refractivity contribution in [2.75, 3.05) is 6.54 Å². The number of nitrogens with two attached hydrogens (primary N) is 2. The summed E-state index contributed by atoms with van der Waals surface area (Å²) < 4.78 is 0. The maximum absolute atomic E-state index is 6.54. The van der Waals surface area contributed by atoms with E-state index in [-0.39, 0.29) is 11.4 Å². The second-order valence-corrected chi connectivity index (χ2v) is 6.61. The van der Waals surface area contributed by atoms with Gasteiger partial charge >= 0.3 is 0 Å². The number of guanidine groups is 1. The number of nitrogens with zero attached hydrogens (tertiary/aromatic N) is 1. The summed E-state index contributed by atoms with van der Waals surface area (Å²) >= 11 is 6.54. The lowest BCUT2D eigenvalue weighted by Crippen LogP contribution is -2.43. The summed E-state index contributed by atoms with van der Waals surface area (Å²) in [4.78, 5) is 4.37. The Balaban J connectivity index is 2.01. The van der Waals surface area contributed by atoms with Gasteiger partial charge in [0.2, 0.25) is 0 Å². The van der Waals surface area contributed by atoms with Gasteiger partial charge in [-0.25, -0.2) is 0 Å². The quantitative estimate of drug-likeness (QED) is 0.661. The maximum Gasteiger partial charge on any atom is 0.185 e. The standard InChI is InChI=1S/C18H18ClN3/c19-15-7-3-6-14-16(15)12-8-9-18(14,10-22-17(20)21)13-5-2-1-4-11(12)13/h1-7,12H,8-10H2,(H4,20,21,22). The van der Waals surface area contributed by atoms with Gasteiger partial charge in [0.1, 0.15) is 0 Å². The summed E-state index contributed by atoms with van der Waals surface area (Å²) in [7, 11) is 0. The zero-order chi connectivity index (χ0) is 15.3. The molecule has 3 aliphatic carbocycles. The molecule has 112 valence electrons. The van der Waals surface area contributed by atoms with Crippen LogP contribution in [0.1, 0.15) is 41.0 Å². The maximum atomic E-state index is 6.54. The summed E-state index contributed by atoms with van der Waals surface area (Å²) in [5.74, 6) is 0.532. The molecule has 2 bridgehead atoms. The Morgan fingerprint density at radius 3 is 2.73 bits per heavy atom. The fourth-order valence-electron chi connectivity index (χ4n) is 4.28. The number of fused-ring (bicyclic) bond motifs is 1. The summed E-state index contributed by atoms with van der Waals surface area (Å²) in [6, 6.07) is 14.8. The Morgan fingerprint density at radius 1 is 1.14 bits per heavy atom. The molecule has 2 unspecified atom stereocenters. The highest BCUT2D eigenvalue weighted by atomic mass is 35.5. The largest absolute Gasteiger partial charge is 0.370 e. The Labute approximate surface area is 135 Å². The molecule has 0 fully saturated rings. The van der Waals surface area contributed by atoms with Gasteiger partial charge in [-0.2, -0.15) is 0 Å². The molecular weight excluding hydrogens is 294 g/mol. The van der Waals surface area contributed by atoms with Crippen LogP contribution < -0.4 is 11.5 Å². The van der Waals surface area contributed by atoms with Crippen molar-refractivity contribution in [1.82, 2.24) is 0 Å². The summed E-state index contributed by atoms with van der Waals surface area (Å²) in [5.41, 5.74) is 16.3. The number of aliphatic imine (C=N–C) groups is 1. The molecule has 5 rings (SSSR count). The molecule has 3 nitrogen and oxygen atoms in total. The zero-order valence-corrected chi connectivity index (χ0v) is 13.0. The van der Waals surface area contributed by atoms with E-state index >= 15 is 0 Å². The van der Waals surface area contributed by atoms with E-state index in [0.29, 0.717) is 12.5 Å². The highest BCUT2D eigenvalue weighted by Crippen LogP contribution is 2.57. The zero-order valence-electron chi connectivity index (χ0n) is 12.2. The molecule has 22 heavy (non-hydrogen) atoms. The lowest BCUT2D eigenvalue weighted by atomic mass is 9.55. The van der Waals surface area contributed by atoms with Crippen molar-refractivity contribution in [3.05, 3.63) is 69.7 Å². The van der Waals surface area contributed by atoms with Crippen LogP contribution in [0.3, 0.4) is 0 Å². The summed E-state index contributed by atoms with van der Waals surface area (Å²) in [6.07, 6.45) is 2.15. The van der Waals surface area contributed by atoms with Gasteiger partial charge in [-0.1, -0.05) is 48.0 Å². The van der Waals surface area contributed by atoms with Gasteiger partial charge in [-0.15, -0.1) is 0 Å². The lowest BCUT2D eigenvalue weighted by Gasteiger charge is -2.49. The van der Waals surface area contributed by atoms with E-state index in [0.717, 1.165) is 17.9 Å². The fourth-order valence-corrected chi connectivity index (χ4v) is 4.59. The van der Waals surface area contributed by atoms with Crippen molar-refractivity contribution < 1.29 is 0 Å². The molecule has 0 aliphatic heterocycles. The normalized spacial score (nSPS) is 24.5. The van der Waals surface area contributed by atoms with E-state index in [9.17, 15) is 0 Å². The minimum atomic E-state index is -0.157. The monoisotopic (exact) mass is 311 g/mol. The molecule has 2 aromatic carbocycles. The molecule has 0 radical (unpaired) electrons. The summed E-state index contributed by atoms with van der Waals surface area (Å²) in [6.45, 7) is 0.576. The van der Waals surface area contributed by atoms with Crippen molar-refractivity contribution in [1.29, 1.82) is 0 Å². The number of benzene rings is 2. The van der Waals surface area contributed by atoms with Crippen LogP contribution in [0.25, 0.3) is 0 Å². The van der Waals surface area contributed by atoms with E-state index in [1.807, 2.05) is 12.1 Å². The first-order chi connectivity index (χ1) is 10.6. The van der Waals surface area contributed by atoms with Crippen LogP contribution in [-0.2, 0) is 5.41 Å².